The highest BCUT2D eigenvalue weighted by Gasteiger charge is 2.49. The van der Waals surface area contributed by atoms with Crippen molar-refractivity contribution in [1.29, 1.82) is 0 Å². The van der Waals surface area contributed by atoms with Crippen molar-refractivity contribution in [3.63, 3.8) is 0 Å². The van der Waals surface area contributed by atoms with Crippen LogP contribution in [0.25, 0.3) is 10.4 Å². The van der Waals surface area contributed by atoms with Gasteiger partial charge in [0.2, 0.25) is 0 Å². The first-order valence-corrected chi connectivity index (χ1v) is 9.20. The summed E-state index contributed by atoms with van der Waals surface area (Å²) in [5, 5.41) is 0. The second-order valence-corrected chi connectivity index (χ2v) is 7.69. The Hall–Kier alpha value is -2.92. The molecule has 0 radical (unpaired) electrons. The summed E-state index contributed by atoms with van der Waals surface area (Å²) in [5.74, 6) is 0.0944. The van der Waals surface area contributed by atoms with E-state index in [0.29, 0.717) is 0 Å². The molecule has 2 N–H and O–H groups in total. The smallest absolute Gasteiger partial charge is 0.266 e. The maximum atomic E-state index is 13.2. The topological polar surface area (TPSA) is 58.7 Å². The van der Waals surface area contributed by atoms with Crippen LogP contribution in [0.2, 0.25) is 0 Å². The summed E-state index contributed by atoms with van der Waals surface area (Å²) in [6.45, 7) is 2.09. The van der Waals surface area contributed by atoms with Crippen LogP contribution >= 0.6 is 11.3 Å². The largest absolute Gasteiger partial charge is 0.369 e. The second kappa shape index (κ2) is 6.11. The molecule has 130 valence electrons. The summed E-state index contributed by atoms with van der Waals surface area (Å²) in [5.41, 5.74) is 7.61. The Morgan fingerprint density at radius 3 is 2.35 bits per heavy atom. The van der Waals surface area contributed by atoms with Crippen LogP contribution in [0, 0.1) is 6.92 Å². The van der Waals surface area contributed by atoms with Gasteiger partial charge in [-0.25, -0.2) is 4.99 Å². The van der Waals surface area contributed by atoms with E-state index in [1.165, 1.54) is 14.7 Å². The minimum absolute atomic E-state index is 0.138. The van der Waals surface area contributed by atoms with Gasteiger partial charge in [-0.1, -0.05) is 48.5 Å². The predicted octanol–water partition coefficient (Wildman–Crippen LogP) is 3.75. The molecule has 1 unspecified atom stereocenters. The van der Waals surface area contributed by atoms with Gasteiger partial charge in [-0.15, -0.1) is 11.3 Å². The van der Waals surface area contributed by atoms with Crippen LogP contribution < -0.4 is 5.73 Å². The van der Waals surface area contributed by atoms with Gasteiger partial charge in [-0.2, -0.15) is 0 Å². The number of carbonyl (C=O) groups excluding carboxylic acids is 1. The number of carbonyl (C=O) groups is 1. The number of amides is 1. The lowest BCUT2D eigenvalue weighted by atomic mass is 9.82. The van der Waals surface area contributed by atoms with E-state index in [1.807, 2.05) is 48.5 Å². The van der Waals surface area contributed by atoms with Crippen LogP contribution in [0.4, 0.5) is 0 Å². The van der Waals surface area contributed by atoms with E-state index in [9.17, 15) is 4.79 Å². The van der Waals surface area contributed by atoms with Crippen LogP contribution in [-0.2, 0) is 10.3 Å². The Balaban J connectivity index is 1.93. The van der Waals surface area contributed by atoms with E-state index in [2.05, 4.69) is 30.1 Å². The molecule has 26 heavy (non-hydrogen) atoms. The SMILES string of the molecule is Cc1ccc(-c2cccc(C3(c4ccccc4)N=C(N)N(C)C3=O)c2)s1. The first-order chi connectivity index (χ1) is 12.5. The monoisotopic (exact) mass is 361 g/mol. The number of nitrogens with zero attached hydrogens (tertiary/aromatic N) is 2. The average molecular weight is 361 g/mol. The van der Waals surface area contributed by atoms with Gasteiger partial charge < -0.3 is 5.73 Å². The van der Waals surface area contributed by atoms with E-state index < -0.39 is 5.54 Å². The maximum Gasteiger partial charge on any atom is 0.266 e. The average Bonchev–Trinajstić information content (AvgIpc) is 3.20. The molecule has 0 aliphatic carbocycles. The third-order valence-electron chi connectivity index (χ3n) is 4.74. The lowest BCUT2D eigenvalue weighted by Gasteiger charge is -2.26. The number of thiophene rings is 1. The molecule has 0 spiro atoms. The highest BCUT2D eigenvalue weighted by atomic mass is 32.1. The summed E-state index contributed by atoms with van der Waals surface area (Å²) in [4.78, 5) is 21.7. The molecule has 2 aromatic carbocycles. The van der Waals surface area contributed by atoms with Crippen molar-refractivity contribution in [2.24, 2.45) is 10.7 Å². The summed E-state index contributed by atoms with van der Waals surface area (Å²) in [7, 11) is 1.67. The van der Waals surface area contributed by atoms with Crippen molar-refractivity contribution >= 4 is 23.2 Å². The predicted molar refractivity (Wildman–Crippen MR) is 106 cm³/mol. The van der Waals surface area contributed by atoms with Gasteiger partial charge in [0.15, 0.2) is 11.5 Å². The van der Waals surface area contributed by atoms with Gasteiger partial charge in [0.1, 0.15) is 0 Å². The summed E-state index contributed by atoms with van der Waals surface area (Å²) < 4.78 is 0. The molecule has 0 saturated carbocycles. The molecule has 4 rings (SSSR count). The molecule has 1 aliphatic rings. The lowest BCUT2D eigenvalue weighted by molar-refractivity contribution is -0.129. The van der Waals surface area contributed by atoms with Gasteiger partial charge in [0.05, 0.1) is 0 Å². The fourth-order valence-corrected chi connectivity index (χ4v) is 4.21. The Labute approximate surface area is 156 Å². The Morgan fingerprint density at radius 1 is 1.00 bits per heavy atom. The number of hydrogen-bond donors (Lipinski definition) is 1. The zero-order chi connectivity index (χ0) is 18.3. The Kier molecular flexibility index (Phi) is 3.89. The van der Waals surface area contributed by atoms with Crippen LogP contribution in [0.5, 0.6) is 0 Å². The minimum atomic E-state index is -1.14. The van der Waals surface area contributed by atoms with Crippen molar-refractivity contribution in [1.82, 2.24) is 4.90 Å². The number of nitrogens with two attached hydrogens (primary N) is 1. The molecule has 0 bridgehead atoms. The first kappa shape index (κ1) is 16.5. The molecule has 1 aromatic heterocycles. The van der Waals surface area contributed by atoms with Gasteiger partial charge in [0.25, 0.3) is 5.91 Å². The third kappa shape index (κ3) is 2.44. The minimum Gasteiger partial charge on any atom is -0.369 e. The second-order valence-electron chi connectivity index (χ2n) is 6.40. The van der Waals surface area contributed by atoms with Crippen molar-refractivity contribution in [2.75, 3.05) is 7.05 Å². The van der Waals surface area contributed by atoms with Crippen LogP contribution in [-0.4, -0.2) is 23.8 Å². The summed E-state index contributed by atoms with van der Waals surface area (Å²) >= 11 is 1.73. The van der Waals surface area contributed by atoms with Crippen LogP contribution in [0.3, 0.4) is 0 Å². The van der Waals surface area contributed by atoms with Gasteiger partial charge in [-0.3, -0.25) is 9.69 Å². The zero-order valence-electron chi connectivity index (χ0n) is 14.6. The number of likely N-dealkylation sites (N-methyl/N-ethyl adjacent to an activating group) is 1. The van der Waals surface area contributed by atoms with Crippen molar-refractivity contribution in [3.05, 3.63) is 82.7 Å². The number of benzene rings is 2. The maximum absolute atomic E-state index is 13.2. The third-order valence-corrected chi connectivity index (χ3v) is 5.79. The summed E-state index contributed by atoms with van der Waals surface area (Å²) in [6.07, 6.45) is 0. The van der Waals surface area contributed by atoms with Crippen LogP contribution in [0.15, 0.2) is 71.7 Å². The van der Waals surface area contributed by atoms with Gasteiger partial charge in [0, 0.05) is 16.8 Å². The molecular weight excluding hydrogens is 342 g/mol. The Morgan fingerprint density at radius 2 is 1.73 bits per heavy atom. The standard InChI is InChI=1S/C21H19N3OS/c1-14-11-12-18(26-14)15-7-6-10-17(13-15)21(16-8-4-3-5-9-16)19(25)24(2)20(22)23-21/h3-13H,1-2H3,(H2,22,23). The van der Waals surface area contributed by atoms with Crippen molar-refractivity contribution in [3.8, 4) is 10.4 Å². The number of aryl methyl sites for hydroxylation is 1. The number of rotatable bonds is 3. The van der Waals surface area contributed by atoms with Gasteiger partial charge in [-0.05, 0) is 41.8 Å². The van der Waals surface area contributed by atoms with E-state index in [1.54, 1.807) is 18.4 Å². The fraction of sp³-hybridized carbons (Fsp3) is 0.143. The fourth-order valence-electron chi connectivity index (χ4n) is 3.35. The molecule has 0 saturated heterocycles. The molecule has 1 atom stereocenters. The number of aliphatic imine (C=N–C) groups is 1. The number of hydrogen-bond acceptors (Lipinski definition) is 4. The van der Waals surface area contributed by atoms with Crippen LogP contribution in [0.1, 0.15) is 16.0 Å². The normalized spacial score (nSPS) is 19.7. The first-order valence-electron chi connectivity index (χ1n) is 8.39. The van der Waals surface area contributed by atoms with E-state index in [0.717, 1.165) is 16.7 Å². The number of guanidine groups is 1. The van der Waals surface area contributed by atoms with E-state index >= 15 is 0 Å². The van der Waals surface area contributed by atoms with E-state index in [4.69, 9.17) is 5.73 Å². The highest BCUT2D eigenvalue weighted by Crippen LogP contribution is 2.40. The van der Waals surface area contributed by atoms with Crippen molar-refractivity contribution < 1.29 is 4.79 Å². The molecule has 3 aromatic rings. The quantitative estimate of drug-likeness (QED) is 0.772. The van der Waals surface area contributed by atoms with Crippen molar-refractivity contribution in [2.45, 2.75) is 12.5 Å². The lowest BCUT2D eigenvalue weighted by Crippen LogP contribution is -2.41. The zero-order valence-corrected chi connectivity index (χ0v) is 15.5. The molecule has 1 aliphatic heterocycles. The van der Waals surface area contributed by atoms with E-state index in [-0.39, 0.29) is 11.9 Å². The van der Waals surface area contributed by atoms with Gasteiger partial charge >= 0.3 is 0 Å². The Bertz CT molecular complexity index is 1010. The molecule has 2 heterocycles. The summed E-state index contributed by atoms with van der Waals surface area (Å²) in [6, 6.07) is 21.9. The molecule has 5 heteroatoms. The molecule has 0 fully saturated rings. The molecule has 1 amide bonds. The highest BCUT2D eigenvalue weighted by molar-refractivity contribution is 7.15. The molecule has 4 nitrogen and oxygen atoms in total. The molecular formula is C21H19N3OS.